The Kier molecular flexibility index (Phi) is 6.94. The van der Waals surface area contributed by atoms with Gasteiger partial charge in [-0.3, -0.25) is 4.79 Å². The second kappa shape index (κ2) is 10.3. The van der Waals surface area contributed by atoms with E-state index in [-0.39, 0.29) is 23.1 Å². The molecule has 2 aromatic carbocycles. The standard InChI is InChI=1S/C25H29N5O4S/c31-25(19-8-5-11-22(16-19)35(32,33)26-17-21-10-6-14-34-21)27-20-9-4-7-18(15-20)24-29-28-23-12-2-1-3-13-30(23)24/h4-5,7-9,11,15-16,21,26H,1-3,6,10,12-14,17H2,(H,27,31). The van der Waals surface area contributed by atoms with Gasteiger partial charge in [0.2, 0.25) is 10.0 Å². The lowest BCUT2D eigenvalue weighted by Gasteiger charge is -2.12. The molecule has 5 rings (SSSR count). The van der Waals surface area contributed by atoms with Crippen LogP contribution >= 0.6 is 0 Å². The van der Waals surface area contributed by atoms with Crippen molar-refractivity contribution in [3.63, 3.8) is 0 Å². The molecule has 1 atom stereocenters. The Morgan fingerprint density at radius 1 is 1.06 bits per heavy atom. The normalized spacial score (nSPS) is 18.1. The van der Waals surface area contributed by atoms with Crippen LogP contribution in [0.25, 0.3) is 11.4 Å². The number of aryl methyl sites for hydroxylation is 1. The summed E-state index contributed by atoms with van der Waals surface area (Å²) in [7, 11) is -3.75. The van der Waals surface area contributed by atoms with E-state index in [9.17, 15) is 13.2 Å². The zero-order valence-electron chi connectivity index (χ0n) is 19.4. The van der Waals surface area contributed by atoms with Gasteiger partial charge in [0.1, 0.15) is 5.82 Å². The maximum atomic E-state index is 13.0. The number of anilines is 1. The molecule has 0 aliphatic carbocycles. The Bertz CT molecular complexity index is 1310. The number of benzene rings is 2. The van der Waals surface area contributed by atoms with Gasteiger partial charge in [0.25, 0.3) is 5.91 Å². The summed E-state index contributed by atoms with van der Waals surface area (Å²) in [6, 6.07) is 13.5. The third-order valence-corrected chi connectivity index (χ3v) is 7.84. The first-order valence-electron chi connectivity index (χ1n) is 12.0. The van der Waals surface area contributed by atoms with Crippen molar-refractivity contribution in [2.75, 3.05) is 18.5 Å². The van der Waals surface area contributed by atoms with Crippen LogP contribution in [-0.2, 0) is 27.7 Å². The zero-order valence-corrected chi connectivity index (χ0v) is 20.3. The second-order valence-electron chi connectivity index (χ2n) is 8.95. The molecule has 1 amide bonds. The largest absolute Gasteiger partial charge is 0.377 e. The van der Waals surface area contributed by atoms with Gasteiger partial charge in [-0.2, -0.15) is 0 Å². The lowest BCUT2D eigenvalue weighted by Crippen LogP contribution is -2.32. The van der Waals surface area contributed by atoms with Crippen molar-refractivity contribution in [3.8, 4) is 11.4 Å². The van der Waals surface area contributed by atoms with Gasteiger partial charge in [-0.1, -0.05) is 24.6 Å². The summed E-state index contributed by atoms with van der Waals surface area (Å²) < 4.78 is 35.7. The number of rotatable bonds is 7. The molecule has 3 heterocycles. The van der Waals surface area contributed by atoms with Crippen LogP contribution in [0.2, 0.25) is 0 Å². The van der Waals surface area contributed by atoms with Gasteiger partial charge in [0.15, 0.2) is 5.82 Å². The van der Waals surface area contributed by atoms with Crippen LogP contribution < -0.4 is 10.0 Å². The quantitative estimate of drug-likeness (QED) is 0.519. The number of nitrogens with one attached hydrogen (secondary N) is 2. The van der Waals surface area contributed by atoms with E-state index in [0.29, 0.717) is 12.3 Å². The molecule has 1 fully saturated rings. The maximum Gasteiger partial charge on any atom is 0.255 e. The van der Waals surface area contributed by atoms with Gasteiger partial charge in [0, 0.05) is 42.9 Å². The predicted molar refractivity (Wildman–Crippen MR) is 132 cm³/mol. The van der Waals surface area contributed by atoms with Gasteiger partial charge in [-0.05, 0) is 56.0 Å². The van der Waals surface area contributed by atoms with Crippen molar-refractivity contribution in [1.82, 2.24) is 19.5 Å². The van der Waals surface area contributed by atoms with E-state index in [0.717, 1.165) is 55.9 Å². The molecule has 2 N–H and O–H groups in total. The minimum absolute atomic E-state index is 0.0445. The highest BCUT2D eigenvalue weighted by Gasteiger charge is 2.21. The molecule has 9 nitrogen and oxygen atoms in total. The van der Waals surface area contributed by atoms with Gasteiger partial charge >= 0.3 is 0 Å². The maximum absolute atomic E-state index is 13.0. The van der Waals surface area contributed by atoms with Crippen molar-refractivity contribution in [2.45, 2.75) is 56.1 Å². The molecule has 10 heteroatoms. The average Bonchev–Trinajstić information content (AvgIpc) is 3.48. The Morgan fingerprint density at radius 2 is 1.94 bits per heavy atom. The second-order valence-corrected chi connectivity index (χ2v) is 10.7. The van der Waals surface area contributed by atoms with E-state index >= 15 is 0 Å². The molecule has 0 saturated carbocycles. The number of aromatic nitrogens is 3. The van der Waals surface area contributed by atoms with Crippen LogP contribution in [0, 0.1) is 0 Å². The third-order valence-electron chi connectivity index (χ3n) is 6.42. The topological polar surface area (TPSA) is 115 Å². The SMILES string of the molecule is O=C(Nc1cccc(-c2nnc3n2CCCCC3)c1)c1cccc(S(=O)(=O)NCC2CCCO2)c1. The van der Waals surface area contributed by atoms with Crippen molar-refractivity contribution in [3.05, 3.63) is 59.9 Å². The molecule has 1 aromatic heterocycles. The fourth-order valence-corrected chi connectivity index (χ4v) is 5.65. The first-order chi connectivity index (χ1) is 17.0. The molecule has 2 aliphatic rings. The summed E-state index contributed by atoms with van der Waals surface area (Å²) in [5.74, 6) is 1.40. The first kappa shape index (κ1) is 23.7. The van der Waals surface area contributed by atoms with E-state index in [1.807, 2.05) is 18.2 Å². The molecular formula is C25H29N5O4S. The zero-order chi connectivity index (χ0) is 24.3. The van der Waals surface area contributed by atoms with Crippen molar-refractivity contribution < 1.29 is 17.9 Å². The lowest BCUT2D eigenvalue weighted by atomic mass is 10.1. The Morgan fingerprint density at radius 3 is 2.80 bits per heavy atom. The molecule has 1 saturated heterocycles. The number of carbonyl (C=O) groups excluding carboxylic acids is 1. The number of carbonyl (C=O) groups is 1. The molecule has 1 unspecified atom stereocenters. The van der Waals surface area contributed by atoms with E-state index in [2.05, 4.69) is 24.8 Å². The van der Waals surface area contributed by atoms with Crippen LogP contribution in [0.3, 0.4) is 0 Å². The van der Waals surface area contributed by atoms with Crippen molar-refractivity contribution in [2.24, 2.45) is 0 Å². The van der Waals surface area contributed by atoms with E-state index in [1.54, 1.807) is 18.2 Å². The molecule has 0 radical (unpaired) electrons. The molecule has 35 heavy (non-hydrogen) atoms. The third kappa shape index (κ3) is 5.44. The Hall–Kier alpha value is -3.08. The predicted octanol–water partition coefficient (Wildman–Crippen LogP) is 3.38. The summed E-state index contributed by atoms with van der Waals surface area (Å²) in [6.45, 7) is 1.76. The van der Waals surface area contributed by atoms with E-state index < -0.39 is 15.9 Å². The van der Waals surface area contributed by atoms with E-state index in [4.69, 9.17) is 4.74 Å². The molecular weight excluding hydrogens is 466 g/mol. The average molecular weight is 496 g/mol. The van der Waals surface area contributed by atoms with Crippen LogP contribution in [0.5, 0.6) is 0 Å². The van der Waals surface area contributed by atoms with E-state index in [1.165, 1.54) is 18.6 Å². The summed E-state index contributed by atoms with van der Waals surface area (Å²) >= 11 is 0. The number of nitrogens with zero attached hydrogens (tertiary/aromatic N) is 3. The van der Waals surface area contributed by atoms with Gasteiger partial charge in [-0.25, -0.2) is 13.1 Å². The first-order valence-corrected chi connectivity index (χ1v) is 13.5. The van der Waals surface area contributed by atoms with Gasteiger partial charge in [-0.15, -0.1) is 10.2 Å². The molecule has 0 bridgehead atoms. The number of amides is 1. The fourth-order valence-electron chi connectivity index (χ4n) is 4.53. The highest BCUT2D eigenvalue weighted by atomic mass is 32.2. The molecule has 0 spiro atoms. The van der Waals surface area contributed by atoms with Crippen LogP contribution in [0.1, 0.15) is 48.3 Å². The highest BCUT2D eigenvalue weighted by Crippen LogP contribution is 2.25. The molecule has 184 valence electrons. The Balaban J connectivity index is 1.30. The number of hydrogen-bond acceptors (Lipinski definition) is 6. The van der Waals surface area contributed by atoms with Crippen LogP contribution in [0.4, 0.5) is 5.69 Å². The summed E-state index contributed by atoms with van der Waals surface area (Å²) in [5, 5.41) is 11.6. The van der Waals surface area contributed by atoms with Crippen molar-refractivity contribution >= 4 is 21.6 Å². The number of fused-ring (bicyclic) bond motifs is 1. The number of ether oxygens (including phenoxy) is 1. The summed E-state index contributed by atoms with van der Waals surface area (Å²) in [5.41, 5.74) is 1.73. The van der Waals surface area contributed by atoms with Gasteiger partial charge in [0.05, 0.1) is 11.0 Å². The smallest absolute Gasteiger partial charge is 0.255 e. The highest BCUT2D eigenvalue weighted by molar-refractivity contribution is 7.89. The molecule has 2 aliphatic heterocycles. The Labute approximate surface area is 205 Å². The minimum atomic E-state index is -3.75. The monoisotopic (exact) mass is 495 g/mol. The number of hydrogen-bond donors (Lipinski definition) is 2. The lowest BCUT2D eigenvalue weighted by molar-refractivity contribution is 0.102. The summed E-state index contributed by atoms with van der Waals surface area (Å²) in [6.07, 6.45) is 5.97. The fraction of sp³-hybridized carbons (Fsp3) is 0.400. The van der Waals surface area contributed by atoms with Crippen LogP contribution in [-0.4, -0.2) is 48.3 Å². The molecule has 3 aromatic rings. The van der Waals surface area contributed by atoms with Crippen LogP contribution in [0.15, 0.2) is 53.4 Å². The van der Waals surface area contributed by atoms with Crippen molar-refractivity contribution in [1.29, 1.82) is 0 Å². The number of sulfonamides is 1. The minimum Gasteiger partial charge on any atom is -0.377 e. The summed E-state index contributed by atoms with van der Waals surface area (Å²) in [4.78, 5) is 13.0. The van der Waals surface area contributed by atoms with Gasteiger partial charge < -0.3 is 14.6 Å².